The van der Waals surface area contributed by atoms with Gasteiger partial charge >= 0.3 is 0 Å². The summed E-state index contributed by atoms with van der Waals surface area (Å²) in [7, 11) is 1.77. The van der Waals surface area contributed by atoms with Crippen LogP contribution in [0.1, 0.15) is 22.7 Å². The van der Waals surface area contributed by atoms with Crippen LogP contribution in [0.2, 0.25) is 0 Å². The van der Waals surface area contributed by atoms with Crippen molar-refractivity contribution in [1.82, 2.24) is 20.8 Å². The molecule has 2 aromatic heterocycles. The first-order valence-electron chi connectivity index (χ1n) is 7.47. The van der Waals surface area contributed by atoms with Gasteiger partial charge in [0.05, 0.1) is 5.69 Å². The summed E-state index contributed by atoms with van der Waals surface area (Å²) in [4.78, 5) is 8.52. The summed E-state index contributed by atoms with van der Waals surface area (Å²) < 4.78 is 5.16. The molecule has 6 nitrogen and oxygen atoms in total. The molecule has 0 aromatic carbocycles. The zero-order valence-corrected chi connectivity index (χ0v) is 16.1. The van der Waals surface area contributed by atoms with Gasteiger partial charge in [0.2, 0.25) is 0 Å². The lowest BCUT2D eigenvalue weighted by molar-refractivity contribution is 0.392. The number of guanidine groups is 1. The minimum Gasteiger partial charge on any atom is -0.361 e. The first-order chi connectivity index (χ1) is 10.7. The van der Waals surface area contributed by atoms with E-state index < -0.39 is 0 Å². The lowest BCUT2D eigenvalue weighted by Gasteiger charge is -2.11. The number of aliphatic imine (C=N–C) groups is 1. The number of aryl methyl sites for hydroxylation is 2. The molecular weight excluding hydrogens is 405 g/mol. The molecule has 0 aliphatic carbocycles. The van der Waals surface area contributed by atoms with Crippen LogP contribution in [0.25, 0.3) is 0 Å². The third-order valence-corrected chi connectivity index (χ3v) is 3.47. The van der Waals surface area contributed by atoms with Crippen molar-refractivity contribution >= 4 is 29.9 Å². The normalized spacial score (nSPS) is 11.0. The van der Waals surface area contributed by atoms with E-state index in [-0.39, 0.29) is 24.0 Å². The van der Waals surface area contributed by atoms with Gasteiger partial charge in [-0.3, -0.25) is 9.98 Å². The molecule has 0 saturated carbocycles. The molecule has 0 saturated heterocycles. The third kappa shape index (κ3) is 6.17. The van der Waals surface area contributed by atoms with Gasteiger partial charge in [-0.15, -0.1) is 24.0 Å². The van der Waals surface area contributed by atoms with Crippen molar-refractivity contribution in [2.75, 3.05) is 20.1 Å². The zero-order valence-electron chi connectivity index (χ0n) is 13.8. The highest BCUT2D eigenvalue weighted by Gasteiger charge is 2.08. The molecule has 0 aliphatic rings. The van der Waals surface area contributed by atoms with Crippen LogP contribution in [-0.4, -0.2) is 36.2 Å². The van der Waals surface area contributed by atoms with Crippen molar-refractivity contribution in [3.8, 4) is 0 Å². The Morgan fingerprint density at radius 1 is 1.17 bits per heavy atom. The monoisotopic (exact) mass is 429 g/mol. The molecule has 0 amide bonds. The minimum atomic E-state index is 0. The fourth-order valence-corrected chi connectivity index (χ4v) is 2.24. The molecule has 2 heterocycles. The van der Waals surface area contributed by atoms with Crippen molar-refractivity contribution in [3.63, 3.8) is 0 Å². The third-order valence-electron chi connectivity index (χ3n) is 3.47. The Hall–Kier alpha value is -1.64. The topological polar surface area (TPSA) is 75.3 Å². The summed E-state index contributed by atoms with van der Waals surface area (Å²) >= 11 is 0. The number of nitrogens with one attached hydrogen (secondary N) is 2. The van der Waals surface area contributed by atoms with E-state index in [9.17, 15) is 0 Å². The molecule has 23 heavy (non-hydrogen) atoms. The average Bonchev–Trinajstić information content (AvgIpc) is 2.86. The van der Waals surface area contributed by atoms with E-state index >= 15 is 0 Å². The van der Waals surface area contributed by atoms with Gasteiger partial charge in [-0.05, 0) is 32.4 Å². The largest absolute Gasteiger partial charge is 0.361 e. The zero-order chi connectivity index (χ0) is 15.8. The van der Waals surface area contributed by atoms with E-state index in [1.54, 1.807) is 7.05 Å². The Morgan fingerprint density at radius 3 is 2.48 bits per heavy atom. The van der Waals surface area contributed by atoms with Crippen LogP contribution < -0.4 is 10.6 Å². The maximum Gasteiger partial charge on any atom is 0.190 e. The van der Waals surface area contributed by atoms with Gasteiger partial charge < -0.3 is 15.2 Å². The summed E-state index contributed by atoms with van der Waals surface area (Å²) in [6.45, 7) is 5.48. The van der Waals surface area contributed by atoms with Crippen LogP contribution in [-0.2, 0) is 12.8 Å². The van der Waals surface area contributed by atoms with Gasteiger partial charge in [-0.2, -0.15) is 0 Å². The highest BCUT2D eigenvalue weighted by Crippen LogP contribution is 2.11. The molecule has 0 aliphatic heterocycles. The second kappa shape index (κ2) is 10.2. The van der Waals surface area contributed by atoms with Gasteiger partial charge in [0.15, 0.2) is 5.96 Å². The first kappa shape index (κ1) is 19.4. The fourth-order valence-electron chi connectivity index (χ4n) is 2.24. The van der Waals surface area contributed by atoms with Gasteiger partial charge in [0.25, 0.3) is 0 Å². The SMILES string of the molecule is CN=C(NCCc1ccccn1)NCCc1c(C)noc1C.I. The number of pyridine rings is 1. The predicted octanol–water partition coefficient (Wildman–Crippen LogP) is 2.25. The molecule has 0 unspecified atom stereocenters. The second-order valence-corrected chi connectivity index (χ2v) is 5.05. The maximum absolute atomic E-state index is 5.16. The Kier molecular flexibility index (Phi) is 8.60. The molecular formula is C16H24IN5O. The van der Waals surface area contributed by atoms with Crippen LogP contribution in [0.15, 0.2) is 33.9 Å². The molecule has 7 heteroatoms. The minimum absolute atomic E-state index is 0. The number of hydrogen-bond donors (Lipinski definition) is 2. The van der Waals surface area contributed by atoms with Gasteiger partial charge in [0.1, 0.15) is 5.76 Å². The van der Waals surface area contributed by atoms with Crippen molar-refractivity contribution < 1.29 is 4.52 Å². The van der Waals surface area contributed by atoms with E-state index in [1.807, 2.05) is 38.2 Å². The molecule has 0 spiro atoms. The van der Waals surface area contributed by atoms with Crippen LogP contribution >= 0.6 is 24.0 Å². The number of hydrogen-bond acceptors (Lipinski definition) is 4. The predicted molar refractivity (Wildman–Crippen MR) is 102 cm³/mol. The van der Waals surface area contributed by atoms with E-state index in [2.05, 4.69) is 25.8 Å². The summed E-state index contributed by atoms with van der Waals surface area (Å²) in [5.74, 6) is 1.68. The van der Waals surface area contributed by atoms with Crippen molar-refractivity contribution in [3.05, 3.63) is 47.1 Å². The summed E-state index contributed by atoms with van der Waals surface area (Å²) in [6.07, 6.45) is 3.54. The van der Waals surface area contributed by atoms with Crippen LogP contribution in [0.3, 0.4) is 0 Å². The van der Waals surface area contributed by atoms with Crippen LogP contribution in [0.5, 0.6) is 0 Å². The molecule has 2 aromatic rings. The average molecular weight is 429 g/mol. The Bertz CT molecular complexity index is 593. The number of halogens is 1. The van der Waals surface area contributed by atoms with Crippen molar-refractivity contribution in [2.24, 2.45) is 4.99 Å². The highest BCUT2D eigenvalue weighted by molar-refractivity contribution is 14.0. The maximum atomic E-state index is 5.16. The summed E-state index contributed by atoms with van der Waals surface area (Å²) in [6, 6.07) is 5.94. The first-order valence-corrected chi connectivity index (χ1v) is 7.47. The smallest absolute Gasteiger partial charge is 0.190 e. The van der Waals surface area contributed by atoms with Gasteiger partial charge in [-0.1, -0.05) is 11.2 Å². The van der Waals surface area contributed by atoms with E-state index in [0.29, 0.717) is 0 Å². The van der Waals surface area contributed by atoms with E-state index in [0.717, 1.165) is 54.6 Å². The summed E-state index contributed by atoms with van der Waals surface area (Å²) in [5.41, 5.74) is 3.19. The van der Waals surface area contributed by atoms with Gasteiger partial charge in [-0.25, -0.2) is 0 Å². The second-order valence-electron chi connectivity index (χ2n) is 5.05. The van der Waals surface area contributed by atoms with Crippen LogP contribution in [0.4, 0.5) is 0 Å². The van der Waals surface area contributed by atoms with E-state index in [1.165, 1.54) is 0 Å². The Morgan fingerprint density at radius 2 is 1.91 bits per heavy atom. The number of aromatic nitrogens is 2. The standard InChI is InChI=1S/C16H23N5O.HI/c1-12-15(13(2)22-21-12)8-11-20-16(17-3)19-10-7-14-6-4-5-9-18-14;/h4-6,9H,7-8,10-11H2,1-3H3,(H2,17,19,20);1H. The van der Waals surface area contributed by atoms with Crippen LogP contribution in [0, 0.1) is 13.8 Å². The molecule has 0 atom stereocenters. The molecule has 126 valence electrons. The fraction of sp³-hybridized carbons (Fsp3) is 0.438. The van der Waals surface area contributed by atoms with Gasteiger partial charge in [0, 0.05) is 44.0 Å². The van der Waals surface area contributed by atoms with E-state index in [4.69, 9.17) is 4.52 Å². The molecule has 0 fully saturated rings. The molecule has 0 radical (unpaired) electrons. The Labute approximate surface area is 154 Å². The number of nitrogens with zero attached hydrogens (tertiary/aromatic N) is 3. The van der Waals surface area contributed by atoms with Crippen molar-refractivity contribution in [2.45, 2.75) is 26.7 Å². The van der Waals surface area contributed by atoms with Crippen molar-refractivity contribution in [1.29, 1.82) is 0 Å². The lowest BCUT2D eigenvalue weighted by Crippen LogP contribution is -2.39. The summed E-state index contributed by atoms with van der Waals surface area (Å²) in [5, 5.41) is 10.5. The molecule has 2 N–H and O–H groups in total. The highest BCUT2D eigenvalue weighted by atomic mass is 127. The Balaban J connectivity index is 0.00000264. The molecule has 2 rings (SSSR count). The lowest BCUT2D eigenvalue weighted by atomic mass is 10.1. The number of rotatable bonds is 6. The quantitative estimate of drug-likeness (QED) is 0.419. The molecule has 0 bridgehead atoms.